The molecule has 2 aromatic carbocycles. The number of aryl methyl sites for hydroxylation is 1. The molecule has 24 heavy (non-hydrogen) atoms. The number of hydrogen-bond donors (Lipinski definition) is 1. The van der Waals surface area contributed by atoms with Gasteiger partial charge in [-0.15, -0.1) is 0 Å². The molecule has 128 valence electrons. The summed E-state index contributed by atoms with van der Waals surface area (Å²) in [5.74, 6) is 2.32. The fraction of sp³-hybridized carbons (Fsp3) is 0.400. The van der Waals surface area contributed by atoms with Gasteiger partial charge in [-0.2, -0.15) is 0 Å². The van der Waals surface area contributed by atoms with Gasteiger partial charge in [-0.25, -0.2) is 0 Å². The van der Waals surface area contributed by atoms with Crippen LogP contribution in [0.3, 0.4) is 0 Å². The molecule has 0 aromatic heterocycles. The third kappa shape index (κ3) is 2.25. The highest BCUT2D eigenvalue weighted by molar-refractivity contribution is 5.89. The second-order valence-electron chi connectivity index (χ2n) is 6.21. The van der Waals surface area contributed by atoms with E-state index in [1.807, 2.05) is 0 Å². The van der Waals surface area contributed by atoms with Gasteiger partial charge in [-0.1, -0.05) is 12.1 Å². The van der Waals surface area contributed by atoms with E-state index in [2.05, 4.69) is 32.0 Å². The van der Waals surface area contributed by atoms with E-state index in [0.717, 1.165) is 17.7 Å². The molecule has 2 N–H and O–H groups in total. The molecule has 3 rings (SSSR count). The van der Waals surface area contributed by atoms with Gasteiger partial charge in [0.05, 0.1) is 21.3 Å². The molecule has 0 bridgehead atoms. The Kier molecular flexibility index (Phi) is 4.41. The van der Waals surface area contributed by atoms with Gasteiger partial charge in [0.25, 0.3) is 0 Å². The van der Waals surface area contributed by atoms with Crippen molar-refractivity contribution < 1.29 is 14.2 Å². The summed E-state index contributed by atoms with van der Waals surface area (Å²) in [6.07, 6.45) is 0.890. The zero-order valence-electron chi connectivity index (χ0n) is 15.0. The van der Waals surface area contributed by atoms with E-state index in [1.54, 1.807) is 21.3 Å². The summed E-state index contributed by atoms with van der Waals surface area (Å²) in [6.45, 7) is 4.94. The van der Waals surface area contributed by atoms with Crippen LogP contribution in [0.15, 0.2) is 18.2 Å². The van der Waals surface area contributed by atoms with Gasteiger partial charge in [0.2, 0.25) is 5.75 Å². The van der Waals surface area contributed by atoms with Gasteiger partial charge >= 0.3 is 0 Å². The molecule has 2 aromatic rings. The maximum atomic E-state index is 5.90. The Bertz CT molecular complexity index is 783. The minimum Gasteiger partial charge on any atom is -0.493 e. The van der Waals surface area contributed by atoms with Crippen molar-refractivity contribution in [1.82, 2.24) is 0 Å². The molecule has 4 heteroatoms. The molecule has 0 saturated heterocycles. The molecule has 0 saturated carbocycles. The fourth-order valence-electron chi connectivity index (χ4n) is 3.81. The third-order valence-corrected chi connectivity index (χ3v) is 5.08. The summed E-state index contributed by atoms with van der Waals surface area (Å²) >= 11 is 0. The molecule has 4 nitrogen and oxygen atoms in total. The highest BCUT2D eigenvalue weighted by Crippen LogP contribution is 2.57. The molecular formula is C20H25NO3. The number of methoxy groups -OCH3 is 3. The van der Waals surface area contributed by atoms with E-state index in [1.165, 1.54) is 27.8 Å². The molecule has 1 aliphatic carbocycles. The fourth-order valence-corrected chi connectivity index (χ4v) is 3.81. The zero-order chi connectivity index (χ0) is 17.4. The van der Waals surface area contributed by atoms with Crippen LogP contribution in [-0.2, 0) is 0 Å². The van der Waals surface area contributed by atoms with Gasteiger partial charge in [-0.3, -0.25) is 0 Å². The molecule has 1 atom stereocenters. The third-order valence-electron chi connectivity index (χ3n) is 5.08. The number of ether oxygens (including phenoxy) is 3. The highest BCUT2D eigenvalue weighted by Gasteiger charge is 2.35. The van der Waals surface area contributed by atoms with Crippen molar-refractivity contribution >= 4 is 0 Å². The molecule has 1 aliphatic rings. The second-order valence-corrected chi connectivity index (χ2v) is 6.21. The summed E-state index contributed by atoms with van der Waals surface area (Å²) in [4.78, 5) is 0. The molecule has 0 heterocycles. The maximum Gasteiger partial charge on any atom is 0.203 e. The lowest BCUT2D eigenvalue weighted by atomic mass is 9.92. The Morgan fingerprint density at radius 3 is 2.21 bits per heavy atom. The van der Waals surface area contributed by atoms with Gasteiger partial charge in [0.1, 0.15) is 0 Å². The highest BCUT2D eigenvalue weighted by atomic mass is 16.5. The van der Waals surface area contributed by atoms with Crippen LogP contribution in [0.4, 0.5) is 0 Å². The number of benzene rings is 2. The summed E-state index contributed by atoms with van der Waals surface area (Å²) in [5, 5.41) is 0. The lowest BCUT2D eigenvalue weighted by Gasteiger charge is -2.18. The molecule has 1 unspecified atom stereocenters. The van der Waals surface area contributed by atoms with Crippen LogP contribution in [0.1, 0.15) is 34.6 Å². The minimum absolute atomic E-state index is 0.257. The van der Waals surface area contributed by atoms with Crippen LogP contribution in [0.25, 0.3) is 11.1 Å². The first-order valence-electron chi connectivity index (χ1n) is 8.22. The van der Waals surface area contributed by atoms with Crippen molar-refractivity contribution in [2.45, 2.75) is 26.2 Å². The minimum atomic E-state index is 0.257. The van der Waals surface area contributed by atoms with Gasteiger partial charge in [0, 0.05) is 11.5 Å². The normalized spacial score (nSPS) is 15.0. The van der Waals surface area contributed by atoms with Crippen LogP contribution in [-0.4, -0.2) is 27.9 Å². The largest absolute Gasteiger partial charge is 0.493 e. The van der Waals surface area contributed by atoms with E-state index in [0.29, 0.717) is 18.0 Å². The number of fused-ring (bicyclic) bond motifs is 3. The molecule has 0 spiro atoms. The predicted molar refractivity (Wildman–Crippen MR) is 96.5 cm³/mol. The lowest BCUT2D eigenvalue weighted by molar-refractivity contribution is 0.324. The van der Waals surface area contributed by atoms with Crippen molar-refractivity contribution in [3.05, 3.63) is 40.5 Å². The van der Waals surface area contributed by atoms with Crippen molar-refractivity contribution in [2.75, 3.05) is 27.9 Å². The second kappa shape index (κ2) is 6.36. The van der Waals surface area contributed by atoms with Crippen molar-refractivity contribution in [1.29, 1.82) is 0 Å². The summed E-state index contributed by atoms with van der Waals surface area (Å²) < 4.78 is 16.9. The van der Waals surface area contributed by atoms with Crippen molar-refractivity contribution in [2.24, 2.45) is 5.73 Å². The summed E-state index contributed by atoms with van der Waals surface area (Å²) in [7, 11) is 4.97. The topological polar surface area (TPSA) is 53.7 Å². The van der Waals surface area contributed by atoms with Crippen molar-refractivity contribution in [3.8, 4) is 28.4 Å². The molecule has 0 amide bonds. The Morgan fingerprint density at radius 2 is 1.62 bits per heavy atom. The van der Waals surface area contributed by atoms with Crippen LogP contribution in [0, 0.1) is 13.8 Å². The lowest BCUT2D eigenvalue weighted by Crippen LogP contribution is -2.07. The first-order chi connectivity index (χ1) is 11.6. The Labute approximate surface area is 143 Å². The van der Waals surface area contributed by atoms with E-state index in [-0.39, 0.29) is 5.92 Å². The average molecular weight is 327 g/mol. The Balaban J connectivity index is 2.40. The van der Waals surface area contributed by atoms with E-state index in [9.17, 15) is 0 Å². The zero-order valence-corrected chi connectivity index (χ0v) is 15.0. The molecule has 0 fully saturated rings. The Morgan fingerprint density at radius 1 is 0.917 bits per heavy atom. The summed E-state index contributed by atoms with van der Waals surface area (Å²) in [6, 6.07) is 6.48. The van der Waals surface area contributed by atoms with Crippen molar-refractivity contribution in [3.63, 3.8) is 0 Å². The van der Waals surface area contributed by atoms with E-state index < -0.39 is 0 Å². The molecular weight excluding hydrogens is 302 g/mol. The van der Waals surface area contributed by atoms with E-state index in [4.69, 9.17) is 19.9 Å². The van der Waals surface area contributed by atoms with Crippen LogP contribution < -0.4 is 19.9 Å². The maximum absolute atomic E-state index is 5.90. The predicted octanol–water partition coefficient (Wildman–Crippen LogP) is 3.79. The van der Waals surface area contributed by atoms with Crippen LogP contribution in [0.5, 0.6) is 17.2 Å². The number of rotatable bonds is 5. The molecule has 0 radical (unpaired) electrons. The van der Waals surface area contributed by atoms with E-state index >= 15 is 0 Å². The molecule has 0 aliphatic heterocycles. The van der Waals surface area contributed by atoms with Gasteiger partial charge in [-0.05, 0) is 60.7 Å². The first kappa shape index (κ1) is 16.7. The monoisotopic (exact) mass is 327 g/mol. The number of hydrogen-bond acceptors (Lipinski definition) is 4. The average Bonchev–Trinajstić information content (AvgIpc) is 2.90. The standard InChI is InChI=1S/C20H25NO3/c1-11-6-7-14-13(8-9-21)15-10-16(22-3)19(23-4)20(24-5)18(15)17(14)12(11)2/h6-7,10,13H,8-9,21H2,1-5H3. The quantitative estimate of drug-likeness (QED) is 0.908. The van der Waals surface area contributed by atoms with Gasteiger partial charge in [0.15, 0.2) is 11.5 Å². The first-order valence-corrected chi connectivity index (χ1v) is 8.22. The van der Waals surface area contributed by atoms with Crippen LogP contribution >= 0.6 is 0 Å². The Hall–Kier alpha value is -2.20. The van der Waals surface area contributed by atoms with Crippen LogP contribution in [0.2, 0.25) is 0 Å². The summed E-state index contributed by atoms with van der Waals surface area (Å²) in [5.41, 5.74) is 13.3. The SMILES string of the molecule is COc1cc2c(c(OC)c1OC)-c1c(ccc(C)c1C)C2CCN. The van der Waals surface area contributed by atoms with Gasteiger partial charge < -0.3 is 19.9 Å². The number of nitrogens with two attached hydrogens (primary N) is 1. The smallest absolute Gasteiger partial charge is 0.203 e.